The van der Waals surface area contributed by atoms with Crippen molar-refractivity contribution >= 4 is 46.3 Å². The number of nitrogens with one attached hydrogen (secondary N) is 2. The molecular formula is C32H35N3O8S. The van der Waals surface area contributed by atoms with E-state index in [1.54, 1.807) is 56.3 Å². The van der Waals surface area contributed by atoms with Crippen molar-refractivity contribution in [2.24, 2.45) is 11.0 Å². The van der Waals surface area contributed by atoms with Crippen LogP contribution in [0.15, 0.2) is 47.6 Å². The Balaban J connectivity index is 1.40. The Hall–Kier alpha value is -4.71. The average Bonchev–Trinajstić information content (AvgIpc) is 3.35. The lowest BCUT2D eigenvalue weighted by atomic mass is 9.88. The molecule has 2 N–H and O–H groups in total. The van der Waals surface area contributed by atoms with Gasteiger partial charge in [0.1, 0.15) is 10.8 Å². The zero-order valence-corrected chi connectivity index (χ0v) is 25.9. The van der Waals surface area contributed by atoms with E-state index >= 15 is 0 Å². The molecule has 0 spiro atoms. The maximum Gasteiger partial charge on any atom is 0.343 e. The summed E-state index contributed by atoms with van der Waals surface area (Å²) in [4.78, 5) is 51.6. The Kier molecular flexibility index (Phi) is 11.1. The van der Waals surface area contributed by atoms with Crippen LogP contribution in [0.5, 0.6) is 17.2 Å². The van der Waals surface area contributed by atoms with E-state index in [2.05, 4.69) is 22.8 Å². The van der Waals surface area contributed by atoms with E-state index in [-0.39, 0.29) is 12.4 Å². The molecule has 232 valence electrons. The molecule has 1 atom stereocenters. The summed E-state index contributed by atoms with van der Waals surface area (Å²) in [6, 6.07) is 11.3. The second-order valence-electron chi connectivity index (χ2n) is 9.92. The second kappa shape index (κ2) is 15.1. The fourth-order valence-electron chi connectivity index (χ4n) is 4.60. The normalized spacial score (nSPS) is 14.0. The molecule has 2 aromatic carbocycles. The first-order valence-corrected chi connectivity index (χ1v) is 15.2. The van der Waals surface area contributed by atoms with Crippen LogP contribution in [0.1, 0.15) is 70.8 Å². The van der Waals surface area contributed by atoms with Crippen molar-refractivity contribution in [1.29, 1.82) is 0 Å². The number of esters is 2. The topological polar surface area (TPSA) is 142 Å². The van der Waals surface area contributed by atoms with Crippen LogP contribution in [0.2, 0.25) is 0 Å². The summed E-state index contributed by atoms with van der Waals surface area (Å²) < 4.78 is 21.8. The fraction of sp³-hybridized carbons (Fsp3) is 0.344. The maximum atomic E-state index is 12.7. The SMILES string of the molecule is CCOC(=O)c1c(NC(=O)C(=O)N/N=C\c2ccc(OC(=O)c3ccc(OCC)cc3)c(OCC)c2)sc2c1CC[C@@H](C)C2. The van der Waals surface area contributed by atoms with Crippen molar-refractivity contribution in [3.05, 3.63) is 69.6 Å². The van der Waals surface area contributed by atoms with Crippen LogP contribution in [-0.4, -0.2) is 49.8 Å². The van der Waals surface area contributed by atoms with Gasteiger partial charge in [-0.25, -0.2) is 15.0 Å². The largest absolute Gasteiger partial charge is 0.494 e. The molecule has 1 aliphatic carbocycles. The second-order valence-corrected chi connectivity index (χ2v) is 11.0. The number of anilines is 1. The minimum atomic E-state index is -1.01. The third-order valence-corrected chi connectivity index (χ3v) is 7.85. The third kappa shape index (κ3) is 8.01. The number of carbonyl (C=O) groups is 4. The summed E-state index contributed by atoms with van der Waals surface area (Å²) in [7, 11) is 0. The van der Waals surface area contributed by atoms with E-state index in [1.165, 1.54) is 17.6 Å². The lowest BCUT2D eigenvalue weighted by molar-refractivity contribution is -0.136. The summed E-state index contributed by atoms with van der Waals surface area (Å²) >= 11 is 1.29. The number of rotatable bonds is 11. The van der Waals surface area contributed by atoms with Crippen LogP contribution in [0.4, 0.5) is 5.00 Å². The maximum absolute atomic E-state index is 12.7. The predicted molar refractivity (Wildman–Crippen MR) is 166 cm³/mol. The third-order valence-electron chi connectivity index (χ3n) is 6.68. The van der Waals surface area contributed by atoms with Crippen molar-refractivity contribution in [3.63, 3.8) is 0 Å². The molecule has 0 fully saturated rings. The van der Waals surface area contributed by atoms with Crippen LogP contribution >= 0.6 is 11.3 Å². The standard InChI is InChI=1S/C32H35N3O8S/c1-5-40-22-12-10-21(11-13-22)31(38)43-24-15-9-20(17-25(24)41-6-2)18-33-35-29(37)28(36)34-30-27(32(39)42-7-3)23-14-8-19(4)16-26(23)44-30/h9-13,15,17-19H,5-8,14,16H2,1-4H3,(H,34,36)(H,35,37)/b33-18-/t19-/m1/s1. The number of fused-ring (bicyclic) bond motifs is 1. The fourth-order valence-corrected chi connectivity index (χ4v) is 6.00. The number of nitrogens with zero attached hydrogens (tertiary/aromatic N) is 1. The van der Waals surface area contributed by atoms with Crippen LogP contribution in [0.25, 0.3) is 0 Å². The highest BCUT2D eigenvalue weighted by Gasteiger charge is 2.30. The smallest absolute Gasteiger partial charge is 0.343 e. The molecule has 0 saturated heterocycles. The first-order chi connectivity index (χ1) is 21.2. The molecule has 2 amide bonds. The number of ether oxygens (including phenoxy) is 4. The van der Waals surface area contributed by atoms with Gasteiger partial charge in [0.25, 0.3) is 0 Å². The predicted octanol–water partition coefficient (Wildman–Crippen LogP) is 5.16. The van der Waals surface area contributed by atoms with Gasteiger partial charge in [-0.2, -0.15) is 5.10 Å². The highest BCUT2D eigenvalue weighted by Crippen LogP contribution is 2.40. The van der Waals surface area contributed by atoms with Crippen molar-refractivity contribution in [3.8, 4) is 17.2 Å². The first-order valence-electron chi connectivity index (χ1n) is 14.4. The molecule has 0 unspecified atom stereocenters. The van der Waals surface area contributed by atoms with Gasteiger partial charge in [0, 0.05) is 4.88 Å². The van der Waals surface area contributed by atoms with Crippen LogP contribution in [0.3, 0.4) is 0 Å². The number of hydrazone groups is 1. The first kappa shape index (κ1) is 32.2. The number of amides is 2. The molecule has 0 saturated carbocycles. The Labute approximate surface area is 259 Å². The quantitative estimate of drug-likeness (QED) is 0.0984. The van der Waals surface area contributed by atoms with E-state index in [9.17, 15) is 19.2 Å². The molecule has 4 rings (SSSR count). The Morgan fingerprint density at radius 2 is 1.68 bits per heavy atom. The van der Waals surface area contributed by atoms with Gasteiger partial charge in [-0.05, 0) is 99.5 Å². The molecule has 0 aliphatic heterocycles. The summed E-state index contributed by atoms with van der Waals surface area (Å²) in [6.45, 7) is 8.53. The number of hydrogen-bond donors (Lipinski definition) is 2. The summed E-state index contributed by atoms with van der Waals surface area (Å²) in [5, 5.41) is 6.74. The molecule has 12 heteroatoms. The lowest BCUT2D eigenvalue weighted by Crippen LogP contribution is -2.32. The Bertz CT molecular complexity index is 1550. The van der Waals surface area contributed by atoms with E-state index in [1.807, 2.05) is 6.92 Å². The van der Waals surface area contributed by atoms with Crippen molar-refractivity contribution in [2.45, 2.75) is 47.0 Å². The van der Waals surface area contributed by atoms with Gasteiger partial charge in [-0.1, -0.05) is 6.92 Å². The van der Waals surface area contributed by atoms with Crippen LogP contribution in [0, 0.1) is 5.92 Å². The minimum absolute atomic E-state index is 0.194. The van der Waals surface area contributed by atoms with Gasteiger partial charge in [-0.15, -0.1) is 11.3 Å². The molecular weight excluding hydrogens is 586 g/mol. The average molecular weight is 622 g/mol. The molecule has 1 aromatic heterocycles. The number of carbonyl (C=O) groups excluding carboxylic acids is 4. The molecule has 3 aromatic rings. The molecule has 1 aliphatic rings. The summed E-state index contributed by atoms with van der Waals surface area (Å²) in [5.41, 5.74) is 4.24. The van der Waals surface area contributed by atoms with Crippen molar-refractivity contribution in [2.75, 3.05) is 25.1 Å². The number of benzene rings is 2. The van der Waals surface area contributed by atoms with Gasteiger partial charge in [-0.3, -0.25) is 9.59 Å². The van der Waals surface area contributed by atoms with E-state index in [4.69, 9.17) is 18.9 Å². The molecule has 11 nitrogen and oxygen atoms in total. The van der Waals surface area contributed by atoms with Crippen LogP contribution in [-0.2, 0) is 27.2 Å². The summed E-state index contributed by atoms with van der Waals surface area (Å²) in [5.74, 6) is -1.46. The Morgan fingerprint density at radius 3 is 2.39 bits per heavy atom. The van der Waals surface area contributed by atoms with Crippen LogP contribution < -0.4 is 25.0 Å². The Morgan fingerprint density at radius 1 is 0.932 bits per heavy atom. The van der Waals surface area contributed by atoms with E-state index in [0.717, 1.165) is 23.3 Å². The van der Waals surface area contributed by atoms with Crippen molar-refractivity contribution in [1.82, 2.24) is 5.43 Å². The van der Waals surface area contributed by atoms with Gasteiger partial charge in [0.05, 0.1) is 37.2 Å². The molecule has 0 bridgehead atoms. The van der Waals surface area contributed by atoms with Gasteiger partial charge < -0.3 is 24.3 Å². The van der Waals surface area contributed by atoms with Gasteiger partial charge >= 0.3 is 23.8 Å². The highest BCUT2D eigenvalue weighted by molar-refractivity contribution is 7.17. The van der Waals surface area contributed by atoms with Crippen molar-refractivity contribution < 1.29 is 38.1 Å². The van der Waals surface area contributed by atoms with E-state index in [0.29, 0.717) is 58.7 Å². The summed E-state index contributed by atoms with van der Waals surface area (Å²) in [6.07, 6.45) is 3.75. The van der Waals surface area contributed by atoms with Gasteiger partial charge in [0.15, 0.2) is 11.5 Å². The van der Waals surface area contributed by atoms with E-state index < -0.39 is 23.8 Å². The zero-order chi connectivity index (χ0) is 31.6. The van der Waals surface area contributed by atoms with Gasteiger partial charge in [0.2, 0.25) is 0 Å². The molecule has 1 heterocycles. The zero-order valence-electron chi connectivity index (χ0n) is 25.1. The molecule has 44 heavy (non-hydrogen) atoms. The monoisotopic (exact) mass is 621 g/mol. The lowest BCUT2D eigenvalue weighted by Gasteiger charge is -2.18. The molecule has 0 radical (unpaired) electrons. The number of thiophene rings is 1. The minimum Gasteiger partial charge on any atom is -0.494 e. The highest BCUT2D eigenvalue weighted by atomic mass is 32.1. The number of hydrogen-bond acceptors (Lipinski definition) is 10.